The molecule has 1 saturated carbocycles. The highest BCUT2D eigenvalue weighted by molar-refractivity contribution is 7.03. The minimum atomic E-state index is -1.25. The van der Waals surface area contributed by atoms with Gasteiger partial charge in [-0.1, -0.05) is 18.4 Å². The number of aromatic hydroxyl groups is 1. The van der Waals surface area contributed by atoms with Crippen molar-refractivity contribution in [2.75, 3.05) is 51.5 Å². The van der Waals surface area contributed by atoms with Crippen molar-refractivity contribution in [1.29, 1.82) is 0 Å². The van der Waals surface area contributed by atoms with Gasteiger partial charge in [0, 0.05) is 47.1 Å². The molecule has 14 heteroatoms. The number of nitrogens with zero attached hydrogens (tertiary/aromatic N) is 6. The molecule has 3 aliphatic rings. The van der Waals surface area contributed by atoms with Crippen LogP contribution in [0.1, 0.15) is 50.2 Å². The van der Waals surface area contributed by atoms with Crippen molar-refractivity contribution in [3.63, 3.8) is 0 Å². The Bertz CT molecular complexity index is 2230. The van der Waals surface area contributed by atoms with Crippen molar-refractivity contribution in [2.45, 2.75) is 57.2 Å². The Kier molecular flexibility index (Phi) is 9.30. The predicted molar refractivity (Wildman–Crippen MR) is 197 cm³/mol. The lowest BCUT2D eigenvalue weighted by molar-refractivity contribution is -0.0123. The summed E-state index contributed by atoms with van der Waals surface area (Å²) in [6.07, 6.45) is 12.8. The molecule has 2 aromatic carbocycles. The fourth-order valence-corrected chi connectivity index (χ4v) is 9.14. The summed E-state index contributed by atoms with van der Waals surface area (Å²) in [5, 5.41) is 24.7. The lowest BCUT2D eigenvalue weighted by Gasteiger charge is -2.46. The van der Waals surface area contributed by atoms with E-state index in [1.807, 2.05) is 6.20 Å². The van der Waals surface area contributed by atoms with E-state index < -0.39 is 17.2 Å². The maximum absolute atomic E-state index is 17.3. The van der Waals surface area contributed by atoms with Gasteiger partial charge in [-0.2, -0.15) is 9.97 Å². The number of phenols is 1. The Hall–Kier alpha value is -4.68. The summed E-state index contributed by atoms with van der Waals surface area (Å²) in [7, 11) is 1.40. The number of aromatic nitrogens is 4. The summed E-state index contributed by atoms with van der Waals surface area (Å²) in [6, 6.07) is 5.64. The maximum atomic E-state index is 17.3. The van der Waals surface area contributed by atoms with Crippen LogP contribution in [0.4, 0.5) is 14.6 Å². The van der Waals surface area contributed by atoms with Gasteiger partial charge in [0.25, 0.3) is 0 Å². The van der Waals surface area contributed by atoms with Gasteiger partial charge < -0.3 is 29.3 Å². The molecule has 0 bridgehead atoms. The third-order valence-corrected chi connectivity index (χ3v) is 11.5. The van der Waals surface area contributed by atoms with Crippen LogP contribution in [0.5, 0.6) is 17.6 Å². The van der Waals surface area contributed by atoms with Gasteiger partial charge in [-0.25, -0.2) is 18.1 Å². The molecule has 1 aliphatic carbocycles. The number of likely N-dealkylation sites (tertiary alicyclic amines) is 1. The van der Waals surface area contributed by atoms with E-state index >= 15 is 8.78 Å². The molecular weight excluding hydrogens is 703 g/mol. The number of pyridine rings is 1. The number of fused-ring (bicyclic) bond motifs is 3. The van der Waals surface area contributed by atoms with E-state index in [0.29, 0.717) is 24.6 Å². The number of piperidine rings is 1. The largest absolute Gasteiger partial charge is 0.508 e. The van der Waals surface area contributed by atoms with Gasteiger partial charge in [-0.05, 0) is 79.8 Å². The number of halogens is 2. The number of hydrogen-bond acceptors (Lipinski definition) is 12. The van der Waals surface area contributed by atoms with Crippen LogP contribution in [-0.2, 0) is 11.3 Å². The smallest absolute Gasteiger partial charge is 0.319 e. The van der Waals surface area contributed by atoms with Crippen LogP contribution in [0, 0.1) is 29.4 Å². The fraction of sp³-hybridized carbons (Fsp3) is 0.436. The summed E-state index contributed by atoms with van der Waals surface area (Å²) in [4.78, 5) is 18.5. The molecule has 2 saturated heterocycles. The van der Waals surface area contributed by atoms with Crippen molar-refractivity contribution in [3.05, 3.63) is 58.6 Å². The first kappa shape index (κ1) is 35.4. The average Bonchev–Trinajstić information content (AvgIpc) is 3.79. The first-order chi connectivity index (χ1) is 25.6. The van der Waals surface area contributed by atoms with Gasteiger partial charge in [0.05, 0.1) is 39.0 Å². The molecule has 3 aromatic heterocycles. The van der Waals surface area contributed by atoms with E-state index in [9.17, 15) is 10.2 Å². The first-order valence-corrected chi connectivity index (χ1v) is 18.6. The van der Waals surface area contributed by atoms with Gasteiger partial charge in [0.2, 0.25) is 5.88 Å². The summed E-state index contributed by atoms with van der Waals surface area (Å²) < 4.78 is 54.6. The van der Waals surface area contributed by atoms with Crippen LogP contribution in [0.2, 0.25) is 0 Å². The molecule has 2 aliphatic heterocycles. The third kappa shape index (κ3) is 6.50. The highest BCUT2D eigenvalue weighted by Crippen LogP contribution is 2.49. The van der Waals surface area contributed by atoms with Crippen LogP contribution < -0.4 is 14.4 Å². The molecule has 2 N–H and O–H groups in total. The second-order valence-corrected chi connectivity index (χ2v) is 15.3. The van der Waals surface area contributed by atoms with Crippen LogP contribution >= 0.6 is 11.5 Å². The highest BCUT2D eigenvalue weighted by atomic mass is 32.1. The highest BCUT2D eigenvalue weighted by Gasteiger charge is 2.48. The van der Waals surface area contributed by atoms with Gasteiger partial charge in [-0.15, -0.1) is 6.42 Å². The molecule has 11 nitrogen and oxygen atoms in total. The molecule has 0 spiro atoms. The van der Waals surface area contributed by atoms with Crippen molar-refractivity contribution in [2.24, 2.45) is 5.41 Å². The predicted octanol–water partition coefficient (Wildman–Crippen LogP) is 6.08. The number of methoxy groups -OCH3 is 1. The number of hydrogen-bond donors (Lipinski definition) is 2. The molecule has 3 unspecified atom stereocenters. The summed E-state index contributed by atoms with van der Waals surface area (Å²) in [5.74, 6) is 0.895. The summed E-state index contributed by atoms with van der Waals surface area (Å²) in [5.41, 5.74) is -0.626. The molecule has 0 radical (unpaired) electrons. The monoisotopic (exact) mass is 742 g/mol. The topological polar surface area (TPSA) is 126 Å². The van der Waals surface area contributed by atoms with Gasteiger partial charge >= 0.3 is 6.01 Å². The third-order valence-electron chi connectivity index (χ3n) is 10.9. The number of anilines is 1. The van der Waals surface area contributed by atoms with E-state index in [2.05, 4.69) is 30.5 Å². The molecule has 276 valence electrons. The molecule has 8 rings (SSSR count). The second kappa shape index (κ2) is 13.9. The maximum Gasteiger partial charge on any atom is 0.319 e. The van der Waals surface area contributed by atoms with Gasteiger partial charge in [-0.3, -0.25) is 4.90 Å². The van der Waals surface area contributed by atoms with E-state index in [4.69, 9.17) is 25.6 Å². The van der Waals surface area contributed by atoms with E-state index in [1.165, 1.54) is 48.5 Å². The Balaban J connectivity index is 1.27. The van der Waals surface area contributed by atoms with Gasteiger partial charge in [0.1, 0.15) is 39.6 Å². The molecule has 53 heavy (non-hydrogen) atoms. The minimum Gasteiger partial charge on any atom is -0.508 e. The Morgan fingerprint density at radius 2 is 1.98 bits per heavy atom. The quantitative estimate of drug-likeness (QED) is 0.180. The Labute approximate surface area is 309 Å². The first-order valence-electron chi connectivity index (χ1n) is 17.8. The SMILES string of the molecule is C#Cc1c(F)ccc2cc(O)cc(-c3nc(OC)c4c(N5CCOCC(C)(O)C5)nc(OCC56CCCC5N(Cc5cnsc5)CCC6)nc4c3F)c12. The number of phenolic OH excluding ortho intramolecular Hbond substituents is 1. The zero-order valence-electron chi connectivity index (χ0n) is 29.6. The molecule has 3 atom stereocenters. The normalized spacial score (nSPS) is 23.5. The molecule has 0 amide bonds. The van der Waals surface area contributed by atoms with Crippen molar-refractivity contribution in [3.8, 4) is 41.2 Å². The van der Waals surface area contributed by atoms with Crippen LogP contribution in [0.15, 0.2) is 35.8 Å². The van der Waals surface area contributed by atoms with Gasteiger partial charge in [0.15, 0.2) is 5.82 Å². The van der Waals surface area contributed by atoms with E-state index in [0.717, 1.165) is 45.2 Å². The number of β-amino-alcohol motifs (C(OH)–C–C–N with tert-alkyl or cyclic N) is 1. The standard InChI is InChI=1S/C39H40F2N6O5S/c1-4-26-28(40)9-8-24-15-25(48)16-27(30(24)26)33-32(41)34-31(36(43-33)50-3)35(47-13-14-51-21-38(2,49)20-47)45-37(44-34)52-22-39-10-5-7-29(39)46(12-6-11-39)18-23-17-42-53-19-23/h1,8-9,15-17,19,29,48-49H,5-7,10-14,18,20-22H2,2-3H3. The molecular formula is C39H40F2N6O5S. The Morgan fingerprint density at radius 1 is 1.13 bits per heavy atom. The van der Waals surface area contributed by atoms with E-state index in [-0.39, 0.29) is 81.7 Å². The summed E-state index contributed by atoms with van der Waals surface area (Å²) in [6.45, 7) is 4.64. The number of aliphatic hydroxyl groups is 1. The molecule has 5 aromatic rings. The minimum absolute atomic E-state index is 0.0156. The summed E-state index contributed by atoms with van der Waals surface area (Å²) >= 11 is 1.45. The van der Waals surface area contributed by atoms with Crippen molar-refractivity contribution in [1.82, 2.24) is 24.2 Å². The molecule has 3 fully saturated rings. The Morgan fingerprint density at radius 3 is 2.77 bits per heavy atom. The van der Waals surface area contributed by atoms with Crippen LogP contribution in [0.25, 0.3) is 32.9 Å². The van der Waals surface area contributed by atoms with Crippen molar-refractivity contribution < 1.29 is 33.2 Å². The second-order valence-electron chi connectivity index (χ2n) is 14.6. The number of ether oxygens (including phenoxy) is 3. The molecule has 5 heterocycles. The zero-order valence-corrected chi connectivity index (χ0v) is 30.4. The number of rotatable bonds is 8. The average molecular weight is 743 g/mol. The lowest BCUT2D eigenvalue weighted by atomic mass is 9.75. The number of terminal acetylenes is 1. The lowest BCUT2D eigenvalue weighted by Crippen LogP contribution is -2.51. The zero-order chi connectivity index (χ0) is 36.9. The van der Waals surface area contributed by atoms with Crippen LogP contribution in [0.3, 0.4) is 0 Å². The van der Waals surface area contributed by atoms with Crippen molar-refractivity contribution >= 4 is 39.0 Å². The number of benzene rings is 2. The van der Waals surface area contributed by atoms with E-state index in [1.54, 1.807) is 11.8 Å². The van der Waals surface area contributed by atoms with Crippen LogP contribution in [-0.4, -0.2) is 92.6 Å². The fourth-order valence-electron chi connectivity index (χ4n) is 8.61.